The summed E-state index contributed by atoms with van der Waals surface area (Å²) >= 11 is 5.87. The quantitative estimate of drug-likeness (QED) is 0.652. The molecule has 1 fully saturated rings. The largest absolute Gasteiger partial charge is 0.324 e. The van der Waals surface area contributed by atoms with Crippen molar-refractivity contribution in [1.29, 1.82) is 0 Å². The first-order valence-corrected chi connectivity index (χ1v) is 10.2. The lowest BCUT2D eigenvalue weighted by Crippen LogP contribution is -2.45. The van der Waals surface area contributed by atoms with Crippen molar-refractivity contribution in [3.63, 3.8) is 0 Å². The van der Waals surface area contributed by atoms with Crippen LogP contribution in [-0.2, 0) is 4.79 Å². The van der Waals surface area contributed by atoms with Crippen LogP contribution in [0.4, 0.5) is 16.2 Å². The molecule has 31 heavy (non-hydrogen) atoms. The molecule has 0 spiro atoms. The van der Waals surface area contributed by atoms with Crippen LogP contribution >= 0.6 is 11.6 Å². The van der Waals surface area contributed by atoms with E-state index in [1.54, 1.807) is 54.7 Å². The van der Waals surface area contributed by atoms with E-state index >= 15 is 0 Å². The lowest BCUT2D eigenvalue weighted by molar-refractivity contribution is -0.119. The minimum absolute atomic E-state index is 0.243. The molecule has 0 radical (unpaired) electrons. The Morgan fingerprint density at radius 1 is 1.00 bits per heavy atom. The summed E-state index contributed by atoms with van der Waals surface area (Å²) in [5.74, 6) is -0.252. The monoisotopic (exact) mass is 437 g/mol. The van der Waals surface area contributed by atoms with Gasteiger partial charge in [0.15, 0.2) is 0 Å². The van der Waals surface area contributed by atoms with Gasteiger partial charge in [-0.05, 0) is 61.4 Å². The topological polar surface area (TPSA) is 96.3 Å². The molecule has 158 valence electrons. The van der Waals surface area contributed by atoms with Gasteiger partial charge >= 0.3 is 6.03 Å². The van der Waals surface area contributed by atoms with Crippen molar-refractivity contribution in [2.75, 3.05) is 17.2 Å². The van der Waals surface area contributed by atoms with Crippen LogP contribution in [0.3, 0.4) is 0 Å². The van der Waals surface area contributed by atoms with E-state index in [9.17, 15) is 14.4 Å². The van der Waals surface area contributed by atoms with Gasteiger partial charge in [0.1, 0.15) is 6.04 Å². The number of hydrogen-bond acceptors (Lipinski definition) is 4. The second kappa shape index (κ2) is 9.01. The summed E-state index contributed by atoms with van der Waals surface area (Å²) in [6.07, 6.45) is 5.67. The summed E-state index contributed by atoms with van der Waals surface area (Å²) in [6.45, 7) is 0.501. The third-order valence-electron chi connectivity index (χ3n) is 5.05. The molecule has 0 aliphatic carbocycles. The molecular formula is C22H20ClN5O3. The van der Waals surface area contributed by atoms with Gasteiger partial charge in [0.2, 0.25) is 5.91 Å². The van der Waals surface area contributed by atoms with E-state index in [1.807, 2.05) is 0 Å². The van der Waals surface area contributed by atoms with Crippen LogP contribution in [0.2, 0.25) is 5.02 Å². The molecule has 4 rings (SSSR count). The Morgan fingerprint density at radius 2 is 1.68 bits per heavy atom. The molecular weight excluding hydrogens is 418 g/mol. The third kappa shape index (κ3) is 4.75. The zero-order valence-corrected chi connectivity index (χ0v) is 17.2. The lowest BCUT2D eigenvalue weighted by Gasteiger charge is -2.24. The van der Waals surface area contributed by atoms with Crippen LogP contribution < -0.4 is 16.2 Å². The molecule has 2 N–H and O–H groups in total. The molecule has 1 aromatic heterocycles. The number of carbonyl (C=O) groups excluding carboxylic acids is 2. The lowest BCUT2D eigenvalue weighted by atomic mass is 10.2. The van der Waals surface area contributed by atoms with Gasteiger partial charge in [-0.3, -0.25) is 19.1 Å². The number of anilines is 2. The maximum Gasteiger partial charge on any atom is 0.322 e. The minimum atomic E-state index is -0.560. The molecule has 0 saturated carbocycles. The van der Waals surface area contributed by atoms with E-state index in [4.69, 9.17) is 11.6 Å². The van der Waals surface area contributed by atoms with Crippen LogP contribution in [-0.4, -0.2) is 39.0 Å². The first-order valence-electron chi connectivity index (χ1n) is 9.78. The molecule has 1 atom stereocenters. The standard InChI is InChI=1S/C22H20ClN5O3/c23-15-3-5-17(6-4-15)26-22(31)28-12-1-2-19(28)21(30)25-16-7-9-18(10-8-16)27-13-11-24-14-20(27)29/h3-11,13-14,19H,1-2,12H2,(H,25,30)(H,26,31). The maximum atomic E-state index is 12.8. The number of hydrogen-bond donors (Lipinski definition) is 2. The minimum Gasteiger partial charge on any atom is -0.324 e. The summed E-state index contributed by atoms with van der Waals surface area (Å²) in [5.41, 5.74) is 1.62. The highest BCUT2D eigenvalue weighted by Gasteiger charge is 2.34. The summed E-state index contributed by atoms with van der Waals surface area (Å²) in [5, 5.41) is 6.24. The van der Waals surface area contributed by atoms with E-state index in [2.05, 4.69) is 15.6 Å². The van der Waals surface area contributed by atoms with E-state index in [0.717, 1.165) is 6.42 Å². The van der Waals surface area contributed by atoms with Gasteiger partial charge in [-0.15, -0.1) is 0 Å². The average molecular weight is 438 g/mol. The fourth-order valence-electron chi connectivity index (χ4n) is 3.50. The van der Waals surface area contributed by atoms with Gasteiger partial charge in [-0.1, -0.05) is 11.6 Å². The molecule has 2 heterocycles. The molecule has 8 nitrogen and oxygen atoms in total. The van der Waals surface area contributed by atoms with Crippen LogP contribution in [0.25, 0.3) is 5.69 Å². The van der Waals surface area contributed by atoms with Gasteiger partial charge in [-0.2, -0.15) is 0 Å². The Hall–Kier alpha value is -3.65. The molecule has 3 aromatic rings. The SMILES string of the molecule is O=C(Nc1ccc(-n2ccncc2=O)cc1)C1CCCN1C(=O)Nc1ccc(Cl)cc1. The van der Waals surface area contributed by atoms with Crippen molar-refractivity contribution in [3.8, 4) is 5.69 Å². The summed E-state index contributed by atoms with van der Waals surface area (Å²) in [6, 6.07) is 12.8. The Labute approximate surface area is 183 Å². The van der Waals surface area contributed by atoms with E-state index in [-0.39, 0.29) is 17.5 Å². The first kappa shape index (κ1) is 20.6. The number of benzene rings is 2. The van der Waals surface area contributed by atoms with E-state index in [1.165, 1.54) is 21.9 Å². The fraction of sp³-hybridized carbons (Fsp3) is 0.182. The van der Waals surface area contributed by atoms with Gasteiger partial charge < -0.3 is 15.5 Å². The normalized spacial score (nSPS) is 15.5. The number of amides is 3. The van der Waals surface area contributed by atoms with Crippen LogP contribution in [0.15, 0.2) is 71.9 Å². The second-order valence-electron chi connectivity index (χ2n) is 7.11. The summed E-state index contributed by atoms with van der Waals surface area (Å²) in [7, 11) is 0. The number of urea groups is 1. The highest BCUT2D eigenvalue weighted by Crippen LogP contribution is 2.22. The zero-order chi connectivity index (χ0) is 21.8. The van der Waals surface area contributed by atoms with Gasteiger partial charge in [-0.25, -0.2) is 4.79 Å². The van der Waals surface area contributed by atoms with Crippen molar-refractivity contribution >= 4 is 34.9 Å². The van der Waals surface area contributed by atoms with Crippen molar-refractivity contribution < 1.29 is 9.59 Å². The maximum absolute atomic E-state index is 12.8. The smallest absolute Gasteiger partial charge is 0.322 e. The fourth-order valence-corrected chi connectivity index (χ4v) is 3.63. The Morgan fingerprint density at radius 3 is 2.39 bits per heavy atom. The van der Waals surface area contributed by atoms with Crippen LogP contribution in [0, 0.1) is 0 Å². The van der Waals surface area contributed by atoms with E-state index < -0.39 is 6.04 Å². The Bertz CT molecular complexity index is 1140. The van der Waals surface area contributed by atoms with E-state index in [0.29, 0.717) is 35.1 Å². The third-order valence-corrected chi connectivity index (χ3v) is 5.30. The molecule has 1 saturated heterocycles. The molecule has 3 amide bonds. The number of nitrogens with one attached hydrogen (secondary N) is 2. The molecule has 2 aromatic carbocycles. The molecule has 0 bridgehead atoms. The highest BCUT2D eigenvalue weighted by atomic mass is 35.5. The summed E-state index contributed by atoms with van der Waals surface area (Å²) < 4.78 is 1.46. The van der Waals surface area contributed by atoms with Crippen molar-refractivity contribution in [2.24, 2.45) is 0 Å². The predicted molar refractivity (Wildman–Crippen MR) is 119 cm³/mol. The van der Waals surface area contributed by atoms with Crippen LogP contribution in [0.1, 0.15) is 12.8 Å². The average Bonchev–Trinajstić information content (AvgIpc) is 3.27. The highest BCUT2D eigenvalue weighted by molar-refractivity contribution is 6.30. The van der Waals surface area contributed by atoms with Crippen molar-refractivity contribution in [2.45, 2.75) is 18.9 Å². The summed E-state index contributed by atoms with van der Waals surface area (Å²) in [4.78, 5) is 42.7. The molecule has 1 aliphatic rings. The number of likely N-dealkylation sites (tertiary alicyclic amines) is 1. The number of rotatable bonds is 4. The van der Waals surface area contributed by atoms with Crippen molar-refractivity contribution in [1.82, 2.24) is 14.5 Å². The van der Waals surface area contributed by atoms with Crippen molar-refractivity contribution in [3.05, 3.63) is 82.5 Å². The molecule has 1 unspecified atom stereocenters. The zero-order valence-electron chi connectivity index (χ0n) is 16.5. The number of carbonyl (C=O) groups is 2. The van der Waals surface area contributed by atoms with Crippen LogP contribution in [0.5, 0.6) is 0 Å². The second-order valence-corrected chi connectivity index (χ2v) is 7.55. The number of aromatic nitrogens is 2. The number of halogens is 1. The number of nitrogens with zero attached hydrogens (tertiary/aromatic N) is 3. The first-order chi connectivity index (χ1) is 15.0. The predicted octanol–water partition coefficient (Wildman–Crippen LogP) is 3.52. The molecule has 9 heteroatoms. The molecule has 1 aliphatic heterocycles. The van der Waals surface area contributed by atoms with Gasteiger partial charge in [0.25, 0.3) is 5.56 Å². The Kier molecular flexibility index (Phi) is 5.99. The Balaban J connectivity index is 1.41. The van der Waals surface area contributed by atoms with Gasteiger partial charge in [0, 0.05) is 41.0 Å². The van der Waals surface area contributed by atoms with Gasteiger partial charge in [0.05, 0.1) is 6.20 Å².